The van der Waals surface area contributed by atoms with Crippen molar-refractivity contribution in [2.24, 2.45) is 0 Å². The molecular weight excluding hydrogens is 326 g/mol. The van der Waals surface area contributed by atoms with E-state index in [1.54, 1.807) is 41.5 Å². The number of benzene rings is 1. The van der Waals surface area contributed by atoms with Gasteiger partial charge in [-0.05, 0) is 49.5 Å². The van der Waals surface area contributed by atoms with Crippen LogP contribution in [0.4, 0.5) is 5.69 Å². The van der Waals surface area contributed by atoms with Crippen LogP contribution in [0.1, 0.15) is 39.3 Å². The lowest BCUT2D eigenvalue weighted by Crippen LogP contribution is -2.42. The van der Waals surface area contributed by atoms with Crippen LogP contribution in [0, 0.1) is 6.92 Å². The lowest BCUT2D eigenvalue weighted by molar-refractivity contribution is 0.0474. The Hall–Kier alpha value is -2.25. The van der Waals surface area contributed by atoms with Crippen LogP contribution in [0.15, 0.2) is 29.6 Å². The second-order valence-electron chi connectivity index (χ2n) is 5.90. The number of aryl methyl sites for hydroxylation is 1. The Morgan fingerprint density at radius 3 is 2.96 bits per heavy atom. The summed E-state index contributed by atoms with van der Waals surface area (Å²) in [7, 11) is 0. The minimum atomic E-state index is -0.459. The van der Waals surface area contributed by atoms with Crippen molar-refractivity contribution in [3.63, 3.8) is 0 Å². The Balaban J connectivity index is 1.73. The van der Waals surface area contributed by atoms with Gasteiger partial charge in [-0.2, -0.15) is 4.37 Å². The van der Waals surface area contributed by atoms with Crippen molar-refractivity contribution < 1.29 is 14.7 Å². The zero-order chi connectivity index (χ0) is 17.1. The number of anilines is 1. The summed E-state index contributed by atoms with van der Waals surface area (Å²) in [4.78, 5) is 26.5. The molecule has 7 heteroatoms. The van der Waals surface area contributed by atoms with E-state index >= 15 is 0 Å². The first-order valence-electron chi connectivity index (χ1n) is 7.84. The molecule has 1 aliphatic heterocycles. The predicted molar refractivity (Wildman–Crippen MR) is 92.4 cm³/mol. The van der Waals surface area contributed by atoms with Crippen LogP contribution in [0.25, 0.3) is 0 Å². The lowest BCUT2D eigenvalue weighted by atomic mass is 10.1. The molecule has 6 nitrogen and oxygen atoms in total. The molecule has 3 rings (SSSR count). The highest BCUT2D eigenvalue weighted by molar-refractivity contribution is 7.04. The maximum Gasteiger partial charge on any atom is 0.258 e. The number of nitrogens with zero attached hydrogens (tertiary/aromatic N) is 2. The molecule has 1 aromatic heterocycles. The predicted octanol–water partition coefficient (Wildman–Crippen LogP) is 2.30. The molecule has 2 amide bonds. The molecule has 2 aromatic rings. The maximum atomic E-state index is 12.6. The van der Waals surface area contributed by atoms with Gasteiger partial charge in [0.2, 0.25) is 0 Å². The molecule has 0 aliphatic carbocycles. The fraction of sp³-hybridized carbons (Fsp3) is 0.353. The number of rotatable bonds is 3. The van der Waals surface area contributed by atoms with Gasteiger partial charge in [0.15, 0.2) is 0 Å². The molecule has 0 saturated carbocycles. The standard InChI is InChI=1S/C17H19N3O3S/c1-11-15(10-24-19-11)16(22)18-13-5-2-4-12(8-13)17(23)20-7-3-6-14(21)9-20/h2,4-5,8,10,14,21H,3,6-7,9H2,1H3,(H,18,22)/t14-/m0/s1. The van der Waals surface area contributed by atoms with Crippen LogP contribution in [0.2, 0.25) is 0 Å². The Kier molecular flexibility index (Phi) is 4.92. The molecule has 1 aromatic carbocycles. The van der Waals surface area contributed by atoms with Gasteiger partial charge in [-0.3, -0.25) is 9.59 Å². The average Bonchev–Trinajstić information content (AvgIpc) is 3.00. The van der Waals surface area contributed by atoms with Gasteiger partial charge in [0, 0.05) is 29.7 Å². The first-order chi connectivity index (χ1) is 11.5. The van der Waals surface area contributed by atoms with Crippen LogP contribution in [0.3, 0.4) is 0 Å². The van der Waals surface area contributed by atoms with Gasteiger partial charge >= 0.3 is 0 Å². The molecule has 2 heterocycles. The van der Waals surface area contributed by atoms with Crippen molar-refractivity contribution in [2.45, 2.75) is 25.9 Å². The third-order valence-corrected chi connectivity index (χ3v) is 4.77. The number of amides is 2. The van der Waals surface area contributed by atoms with Crippen LogP contribution in [-0.2, 0) is 0 Å². The van der Waals surface area contributed by atoms with Crippen LogP contribution in [-0.4, -0.2) is 45.4 Å². The summed E-state index contributed by atoms with van der Waals surface area (Å²) in [5.74, 6) is -0.363. The van der Waals surface area contributed by atoms with Crippen molar-refractivity contribution in [2.75, 3.05) is 18.4 Å². The fourth-order valence-corrected chi connectivity index (χ4v) is 3.45. The lowest BCUT2D eigenvalue weighted by Gasteiger charge is -2.30. The van der Waals surface area contributed by atoms with E-state index in [1.165, 1.54) is 11.5 Å². The van der Waals surface area contributed by atoms with Crippen molar-refractivity contribution in [3.8, 4) is 0 Å². The van der Waals surface area contributed by atoms with E-state index < -0.39 is 6.10 Å². The molecule has 2 N–H and O–H groups in total. The minimum absolute atomic E-state index is 0.127. The topological polar surface area (TPSA) is 82.5 Å². The second-order valence-corrected chi connectivity index (χ2v) is 6.52. The number of aliphatic hydroxyl groups is 1. The summed E-state index contributed by atoms with van der Waals surface area (Å²) in [6.45, 7) is 2.79. The number of aromatic nitrogens is 1. The Morgan fingerprint density at radius 2 is 2.25 bits per heavy atom. The molecule has 0 spiro atoms. The molecule has 24 heavy (non-hydrogen) atoms. The van der Waals surface area contributed by atoms with E-state index in [0.29, 0.717) is 35.6 Å². The highest BCUT2D eigenvalue weighted by Gasteiger charge is 2.23. The Labute approximate surface area is 144 Å². The summed E-state index contributed by atoms with van der Waals surface area (Å²) in [6, 6.07) is 6.86. The molecular formula is C17H19N3O3S. The van der Waals surface area contributed by atoms with E-state index in [9.17, 15) is 14.7 Å². The van der Waals surface area contributed by atoms with E-state index in [4.69, 9.17) is 0 Å². The Bertz CT molecular complexity index is 759. The maximum absolute atomic E-state index is 12.6. The highest BCUT2D eigenvalue weighted by Crippen LogP contribution is 2.18. The van der Waals surface area contributed by atoms with Gasteiger partial charge in [0.25, 0.3) is 11.8 Å². The Morgan fingerprint density at radius 1 is 1.42 bits per heavy atom. The fourth-order valence-electron chi connectivity index (χ4n) is 2.76. The molecule has 0 radical (unpaired) electrons. The SMILES string of the molecule is Cc1nscc1C(=O)Nc1cccc(C(=O)N2CCC[C@H](O)C2)c1. The van der Waals surface area contributed by atoms with Crippen molar-refractivity contribution in [1.82, 2.24) is 9.27 Å². The average molecular weight is 345 g/mol. The molecule has 0 unspecified atom stereocenters. The molecule has 126 valence electrons. The monoisotopic (exact) mass is 345 g/mol. The minimum Gasteiger partial charge on any atom is -0.391 e. The van der Waals surface area contributed by atoms with Crippen molar-refractivity contribution >= 4 is 29.0 Å². The summed E-state index contributed by atoms with van der Waals surface area (Å²) >= 11 is 1.24. The third kappa shape index (κ3) is 3.63. The normalized spacial score (nSPS) is 17.6. The number of carbonyl (C=O) groups excluding carboxylic acids is 2. The number of aliphatic hydroxyl groups excluding tert-OH is 1. The number of hydrogen-bond donors (Lipinski definition) is 2. The smallest absolute Gasteiger partial charge is 0.258 e. The van der Waals surface area contributed by atoms with Crippen molar-refractivity contribution in [1.29, 1.82) is 0 Å². The first kappa shape index (κ1) is 16.6. The number of β-amino-alcohol motifs (C(OH)–C–C–N with tert-alkyl or cyclic N) is 1. The van der Waals surface area contributed by atoms with E-state index in [2.05, 4.69) is 9.69 Å². The van der Waals surface area contributed by atoms with E-state index in [-0.39, 0.29) is 11.8 Å². The number of carbonyl (C=O) groups is 2. The van der Waals surface area contributed by atoms with Gasteiger partial charge in [0.1, 0.15) is 0 Å². The van der Waals surface area contributed by atoms with E-state index in [1.807, 2.05) is 0 Å². The molecule has 1 atom stereocenters. The third-order valence-electron chi connectivity index (χ3n) is 4.05. The molecule has 1 fully saturated rings. The van der Waals surface area contributed by atoms with Gasteiger partial charge < -0.3 is 15.3 Å². The van der Waals surface area contributed by atoms with Crippen LogP contribution in [0.5, 0.6) is 0 Å². The summed E-state index contributed by atoms with van der Waals surface area (Å²) in [5, 5.41) is 14.2. The summed E-state index contributed by atoms with van der Waals surface area (Å²) < 4.78 is 4.09. The summed E-state index contributed by atoms with van der Waals surface area (Å²) in [5.41, 5.74) is 2.29. The van der Waals surface area contributed by atoms with Gasteiger partial charge in [0.05, 0.1) is 17.4 Å². The van der Waals surface area contributed by atoms with Crippen molar-refractivity contribution in [3.05, 3.63) is 46.5 Å². The number of piperidine rings is 1. The van der Waals surface area contributed by atoms with Gasteiger partial charge in [-0.25, -0.2) is 0 Å². The summed E-state index contributed by atoms with van der Waals surface area (Å²) in [6.07, 6.45) is 1.07. The zero-order valence-corrected chi connectivity index (χ0v) is 14.2. The molecule has 0 bridgehead atoms. The van der Waals surface area contributed by atoms with Gasteiger partial charge in [-0.1, -0.05) is 6.07 Å². The highest BCUT2D eigenvalue weighted by atomic mass is 32.1. The van der Waals surface area contributed by atoms with Gasteiger partial charge in [-0.15, -0.1) is 0 Å². The van der Waals surface area contributed by atoms with Crippen LogP contribution < -0.4 is 5.32 Å². The number of likely N-dealkylation sites (tertiary alicyclic amines) is 1. The zero-order valence-electron chi connectivity index (χ0n) is 13.4. The number of hydrogen-bond acceptors (Lipinski definition) is 5. The number of nitrogens with one attached hydrogen (secondary N) is 1. The first-order valence-corrected chi connectivity index (χ1v) is 8.68. The molecule has 1 aliphatic rings. The second kappa shape index (κ2) is 7.11. The molecule has 1 saturated heterocycles. The van der Waals surface area contributed by atoms with Crippen LogP contribution >= 0.6 is 11.5 Å². The quantitative estimate of drug-likeness (QED) is 0.894. The largest absolute Gasteiger partial charge is 0.391 e. The van der Waals surface area contributed by atoms with E-state index in [0.717, 1.165) is 12.8 Å².